The van der Waals surface area contributed by atoms with E-state index in [-0.39, 0.29) is 11.4 Å². The van der Waals surface area contributed by atoms with Crippen LogP contribution in [0.1, 0.15) is 0 Å². The van der Waals surface area contributed by atoms with Gasteiger partial charge in [0.05, 0.1) is 11.4 Å². The summed E-state index contributed by atoms with van der Waals surface area (Å²) in [5.74, 6) is -0.856. The Balaban J connectivity index is 2.68. The Bertz CT molecular complexity index is 889. The van der Waals surface area contributed by atoms with Gasteiger partial charge in [0.2, 0.25) is 0 Å². The van der Waals surface area contributed by atoms with E-state index in [9.17, 15) is 25.9 Å². The van der Waals surface area contributed by atoms with Gasteiger partial charge < -0.3 is 16.2 Å². The van der Waals surface area contributed by atoms with E-state index < -0.39 is 41.5 Å². The van der Waals surface area contributed by atoms with Crippen LogP contribution in [0.4, 0.5) is 11.4 Å². The van der Waals surface area contributed by atoms with Gasteiger partial charge in [-0.3, -0.25) is 9.11 Å². The Morgan fingerprint density at radius 2 is 1.09 bits per heavy atom. The molecule has 0 aliphatic rings. The summed E-state index contributed by atoms with van der Waals surface area (Å²) in [6.07, 6.45) is 0. The lowest BCUT2D eigenvalue weighted by Gasteiger charge is -2.14. The summed E-state index contributed by atoms with van der Waals surface area (Å²) < 4.78 is 69.3. The van der Waals surface area contributed by atoms with Crippen LogP contribution in [0.2, 0.25) is 0 Å². The molecular formula is C12H12N2O7S2. The van der Waals surface area contributed by atoms with E-state index in [0.717, 1.165) is 12.1 Å². The van der Waals surface area contributed by atoms with Crippen LogP contribution in [0.25, 0.3) is 0 Å². The summed E-state index contributed by atoms with van der Waals surface area (Å²) in [5, 5.41) is 0. The smallest absolute Gasteiger partial charge is 0.300 e. The fourth-order valence-electron chi connectivity index (χ4n) is 1.90. The molecule has 6 N–H and O–H groups in total. The van der Waals surface area contributed by atoms with E-state index in [2.05, 4.69) is 0 Å². The second-order valence-electron chi connectivity index (χ2n) is 4.40. The van der Waals surface area contributed by atoms with E-state index in [1.807, 2.05) is 0 Å². The van der Waals surface area contributed by atoms with Gasteiger partial charge in [-0.1, -0.05) is 12.1 Å². The van der Waals surface area contributed by atoms with Crippen LogP contribution >= 0.6 is 0 Å². The first-order chi connectivity index (χ1) is 10.5. The maximum atomic E-state index is 11.4. The second-order valence-corrected chi connectivity index (χ2v) is 7.12. The predicted molar refractivity (Wildman–Crippen MR) is 81.4 cm³/mol. The van der Waals surface area contributed by atoms with Crippen molar-refractivity contribution in [3.05, 3.63) is 36.4 Å². The molecule has 124 valence electrons. The number of nitrogens with two attached hydrogens (primary N) is 2. The first-order valence-electron chi connectivity index (χ1n) is 5.91. The standard InChI is InChI=1S/C12H12N2O7S2/c13-7-3-1-5-9(11(7)22(15,16)17)21-10-6-2-4-8(14)12(10)23(18,19)20/h1-6H,13-14H2,(H,15,16,17)(H,18,19,20). The monoisotopic (exact) mass is 360 g/mol. The molecule has 0 aliphatic carbocycles. The molecule has 9 nitrogen and oxygen atoms in total. The number of hydrogen-bond donors (Lipinski definition) is 4. The lowest BCUT2D eigenvalue weighted by molar-refractivity contribution is 0.435. The highest BCUT2D eigenvalue weighted by Crippen LogP contribution is 2.37. The molecular weight excluding hydrogens is 348 g/mol. The topological polar surface area (TPSA) is 170 Å². The van der Waals surface area contributed by atoms with Crippen molar-refractivity contribution in [2.75, 3.05) is 11.5 Å². The second kappa shape index (κ2) is 5.70. The van der Waals surface area contributed by atoms with Crippen LogP contribution in [-0.2, 0) is 20.2 Å². The molecule has 2 aromatic rings. The molecule has 23 heavy (non-hydrogen) atoms. The molecule has 11 heteroatoms. The zero-order valence-electron chi connectivity index (χ0n) is 11.4. The SMILES string of the molecule is Nc1cccc(Oc2cccc(N)c2S(=O)(=O)O)c1S(=O)(=O)O. The van der Waals surface area contributed by atoms with Crippen LogP contribution in [0.15, 0.2) is 46.2 Å². The van der Waals surface area contributed by atoms with Gasteiger partial charge in [0.1, 0.15) is 0 Å². The number of benzene rings is 2. The third kappa shape index (κ3) is 3.53. The normalized spacial score (nSPS) is 12.1. The number of ether oxygens (including phenoxy) is 1. The van der Waals surface area contributed by atoms with Crippen molar-refractivity contribution >= 4 is 31.6 Å². The molecule has 0 aromatic heterocycles. The Morgan fingerprint density at radius 3 is 1.39 bits per heavy atom. The third-order valence-electron chi connectivity index (χ3n) is 2.75. The Labute approximate surface area is 132 Å². The average molecular weight is 360 g/mol. The fourth-order valence-corrected chi connectivity index (χ4v) is 3.36. The van der Waals surface area contributed by atoms with Gasteiger partial charge in [0, 0.05) is 0 Å². The summed E-state index contributed by atoms with van der Waals surface area (Å²) in [5.41, 5.74) is 10.4. The van der Waals surface area contributed by atoms with Gasteiger partial charge >= 0.3 is 0 Å². The van der Waals surface area contributed by atoms with Crippen molar-refractivity contribution in [1.29, 1.82) is 0 Å². The molecule has 0 spiro atoms. The molecule has 2 aromatic carbocycles. The predicted octanol–water partition coefficient (Wildman–Crippen LogP) is 1.14. The van der Waals surface area contributed by atoms with E-state index in [1.54, 1.807) is 0 Å². The molecule has 0 heterocycles. The van der Waals surface area contributed by atoms with Gasteiger partial charge in [-0.25, -0.2) is 0 Å². The molecule has 0 fully saturated rings. The van der Waals surface area contributed by atoms with Crippen molar-refractivity contribution in [3.63, 3.8) is 0 Å². The Morgan fingerprint density at radius 1 is 0.739 bits per heavy atom. The van der Waals surface area contributed by atoms with Crippen molar-refractivity contribution in [2.24, 2.45) is 0 Å². The van der Waals surface area contributed by atoms with E-state index in [0.29, 0.717) is 0 Å². The van der Waals surface area contributed by atoms with E-state index >= 15 is 0 Å². The van der Waals surface area contributed by atoms with Crippen LogP contribution in [0.5, 0.6) is 11.5 Å². The summed E-state index contributed by atoms with van der Waals surface area (Å²) in [4.78, 5) is -1.47. The molecule has 0 atom stereocenters. The molecule has 0 radical (unpaired) electrons. The zero-order valence-corrected chi connectivity index (χ0v) is 13.0. The van der Waals surface area contributed by atoms with Crippen LogP contribution in [0.3, 0.4) is 0 Å². The summed E-state index contributed by atoms with van der Waals surface area (Å²) in [7, 11) is -9.47. The van der Waals surface area contributed by atoms with Gasteiger partial charge in [0.25, 0.3) is 20.2 Å². The fraction of sp³-hybridized carbons (Fsp3) is 0. The Kier molecular flexibility index (Phi) is 4.22. The van der Waals surface area contributed by atoms with Crippen molar-refractivity contribution in [2.45, 2.75) is 9.79 Å². The molecule has 2 rings (SSSR count). The highest BCUT2D eigenvalue weighted by atomic mass is 32.2. The summed E-state index contributed by atoms with van der Waals surface area (Å²) in [6.45, 7) is 0. The summed E-state index contributed by atoms with van der Waals surface area (Å²) in [6, 6.07) is 7.38. The Hall–Kier alpha value is -2.34. The minimum absolute atomic E-state index is 0.303. The van der Waals surface area contributed by atoms with E-state index in [4.69, 9.17) is 16.2 Å². The van der Waals surface area contributed by atoms with Gasteiger partial charge in [-0.05, 0) is 24.3 Å². The lowest BCUT2D eigenvalue weighted by atomic mass is 10.3. The highest BCUT2D eigenvalue weighted by Gasteiger charge is 2.25. The van der Waals surface area contributed by atoms with Gasteiger partial charge in [-0.2, -0.15) is 16.8 Å². The van der Waals surface area contributed by atoms with Gasteiger partial charge in [0.15, 0.2) is 21.3 Å². The minimum Gasteiger partial charge on any atom is -0.454 e. The lowest BCUT2D eigenvalue weighted by Crippen LogP contribution is -2.08. The van der Waals surface area contributed by atoms with Crippen LogP contribution < -0.4 is 16.2 Å². The molecule has 0 bridgehead atoms. The largest absolute Gasteiger partial charge is 0.454 e. The maximum Gasteiger partial charge on any atom is 0.300 e. The minimum atomic E-state index is -4.74. The molecule has 0 amide bonds. The summed E-state index contributed by atoms with van der Waals surface area (Å²) >= 11 is 0. The third-order valence-corrected chi connectivity index (χ3v) is 4.66. The quantitative estimate of drug-likeness (QED) is 0.461. The first-order valence-corrected chi connectivity index (χ1v) is 8.79. The van der Waals surface area contributed by atoms with Gasteiger partial charge in [-0.15, -0.1) is 0 Å². The van der Waals surface area contributed by atoms with Crippen LogP contribution in [-0.4, -0.2) is 25.9 Å². The molecule has 0 saturated heterocycles. The van der Waals surface area contributed by atoms with Crippen molar-refractivity contribution < 1.29 is 30.7 Å². The molecule has 0 unspecified atom stereocenters. The first kappa shape index (κ1) is 17.0. The maximum absolute atomic E-state index is 11.4. The number of rotatable bonds is 4. The van der Waals surface area contributed by atoms with Crippen molar-refractivity contribution in [3.8, 4) is 11.5 Å². The average Bonchev–Trinajstić information content (AvgIpc) is 2.35. The highest BCUT2D eigenvalue weighted by molar-refractivity contribution is 7.86. The van der Waals surface area contributed by atoms with E-state index in [1.165, 1.54) is 24.3 Å². The van der Waals surface area contributed by atoms with Crippen LogP contribution in [0, 0.1) is 0 Å². The molecule has 0 aliphatic heterocycles. The number of nitrogen functional groups attached to an aromatic ring is 2. The van der Waals surface area contributed by atoms with Crippen molar-refractivity contribution in [1.82, 2.24) is 0 Å². The zero-order chi connectivity index (χ0) is 17.4. The molecule has 0 saturated carbocycles. The number of anilines is 2. The number of hydrogen-bond acceptors (Lipinski definition) is 7.